The first-order valence-electron chi connectivity index (χ1n) is 6.21. The Morgan fingerprint density at radius 2 is 2.33 bits per heavy atom. The minimum atomic E-state index is -0.174. The Morgan fingerprint density at radius 1 is 1.56 bits per heavy atom. The van der Waals surface area contributed by atoms with Gasteiger partial charge in [0.25, 0.3) is 0 Å². The average Bonchev–Trinajstić information content (AvgIpc) is 2.85. The Hall–Kier alpha value is -0.980. The van der Waals surface area contributed by atoms with Crippen molar-refractivity contribution < 1.29 is 9.53 Å². The molecule has 1 saturated heterocycles. The summed E-state index contributed by atoms with van der Waals surface area (Å²) in [7, 11) is 1.42. The van der Waals surface area contributed by atoms with E-state index in [9.17, 15) is 4.79 Å². The van der Waals surface area contributed by atoms with Crippen LogP contribution in [0.2, 0.25) is 0 Å². The molecule has 0 unspecified atom stereocenters. The van der Waals surface area contributed by atoms with Gasteiger partial charge >= 0.3 is 5.97 Å². The number of ether oxygens (including phenoxy) is 1. The maximum Gasteiger partial charge on any atom is 0.305 e. The van der Waals surface area contributed by atoms with E-state index < -0.39 is 0 Å². The molecule has 2 heterocycles. The highest BCUT2D eigenvalue weighted by molar-refractivity contribution is 7.09. The van der Waals surface area contributed by atoms with Crippen LogP contribution >= 0.6 is 11.3 Å². The van der Waals surface area contributed by atoms with Crippen LogP contribution in [-0.4, -0.2) is 49.1 Å². The van der Waals surface area contributed by atoms with Crippen LogP contribution in [0.5, 0.6) is 0 Å². The standard InChI is InChI=1S/C12H19N3O2S/c1-17-12(16)3-2-10-9-18-11(14-10)8-15-6-4-13-5-7-15/h9,13H,2-8H2,1H3. The van der Waals surface area contributed by atoms with E-state index in [-0.39, 0.29) is 5.97 Å². The summed E-state index contributed by atoms with van der Waals surface area (Å²) in [5, 5.41) is 6.51. The molecule has 0 saturated carbocycles. The molecule has 0 amide bonds. The summed E-state index contributed by atoms with van der Waals surface area (Å²) in [5.41, 5.74) is 0.996. The summed E-state index contributed by atoms with van der Waals surface area (Å²) in [4.78, 5) is 18.0. The van der Waals surface area contributed by atoms with E-state index in [1.807, 2.05) is 5.38 Å². The van der Waals surface area contributed by atoms with Gasteiger partial charge in [0.1, 0.15) is 5.01 Å². The molecule has 1 fully saturated rings. The molecule has 0 aliphatic carbocycles. The number of carbonyl (C=O) groups is 1. The molecular formula is C12H19N3O2S. The smallest absolute Gasteiger partial charge is 0.305 e. The Balaban J connectivity index is 1.80. The molecule has 0 spiro atoms. The number of carbonyl (C=O) groups excluding carboxylic acids is 1. The van der Waals surface area contributed by atoms with Crippen LogP contribution < -0.4 is 5.32 Å². The predicted octanol–water partition coefficient (Wildman–Crippen LogP) is 0.654. The van der Waals surface area contributed by atoms with Crippen molar-refractivity contribution in [2.45, 2.75) is 19.4 Å². The molecule has 1 aliphatic heterocycles. The fourth-order valence-corrected chi connectivity index (χ4v) is 2.80. The van der Waals surface area contributed by atoms with Crippen LogP contribution in [-0.2, 0) is 22.5 Å². The number of aromatic nitrogens is 1. The van der Waals surface area contributed by atoms with Crippen molar-refractivity contribution in [2.75, 3.05) is 33.3 Å². The largest absolute Gasteiger partial charge is 0.469 e. The number of thiazole rings is 1. The van der Waals surface area contributed by atoms with Crippen molar-refractivity contribution in [3.05, 3.63) is 16.1 Å². The van der Waals surface area contributed by atoms with Crippen LogP contribution in [0.25, 0.3) is 0 Å². The number of rotatable bonds is 5. The number of methoxy groups -OCH3 is 1. The van der Waals surface area contributed by atoms with Gasteiger partial charge in [-0.15, -0.1) is 11.3 Å². The Morgan fingerprint density at radius 3 is 3.06 bits per heavy atom. The zero-order chi connectivity index (χ0) is 12.8. The Bertz CT molecular complexity index is 388. The first-order chi connectivity index (χ1) is 8.78. The second-order valence-corrected chi connectivity index (χ2v) is 5.28. The highest BCUT2D eigenvalue weighted by Crippen LogP contribution is 2.14. The summed E-state index contributed by atoms with van der Waals surface area (Å²) in [6.45, 7) is 5.19. The lowest BCUT2D eigenvalue weighted by Gasteiger charge is -2.26. The van der Waals surface area contributed by atoms with E-state index in [1.54, 1.807) is 11.3 Å². The van der Waals surface area contributed by atoms with E-state index in [2.05, 4.69) is 19.9 Å². The van der Waals surface area contributed by atoms with E-state index in [4.69, 9.17) is 0 Å². The SMILES string of the molecule is COC(=O)CCc1csc(CN2CCNCC2)n1. The van der Waals surface area contributed by atoms with Crippen LogP contribution in [0.15, 0.2) is 5.38 Å². The van der Waals surface area contributed by atoms with Gasteiger partial charge in [0.15, 0.2) is 0 Å². The molecule has 6 heteroatoms. The topological polar surface area (TPSA) is 54.5 Å². The van der Waals surface area contributed by atoms with Gasteiger partial charge in [0, 0.05) is 38.0 Å². The van der Waals surface area contributed by atoms with E-state index in [0.29, 0.717) is 12.8 Å². The van der Waals surface area contributed by atoms with Crippen LogP contribution in [0.1, 0.15) is 17.1 Å². The lowest BCUT2D eigenvalue weighted by molar-refractivity contribution is -0.140. The maximum absolute atomic E-state index is 11.0. The summed E-state index contributed by atoms with van der Waals surface area (Å²) >= 11 is 1.68. The minimum absolute atomic E-state index is 0.174. The first kappa shape index (κ1) is 13.5. The molecule has 100 valence electrons. The number of nitrogens with zero attached hydrogens (tertiary/aromatic N) is 2. The second kappa shape index (κ2) is 6.82. The van der Waals surface area contributed by atoms with Gasteiger partial charge in [-0.2, -0.15) is 0 Å². The van der Waals surface area contributed by atoms with Crippen molar-refractivity contribution in [1.29, 1.82) is 0 Å². The van der Waals surface area contributed by atoms with Gasteiger partial charge in [-0.05, 0) is 0 Å². The lowest BCUT2D eigenvalue weighted by Crippen LogP contribution is -2.42. The van der Waals surface area contributed by atoms with Gasteiger partial charge in [-0.1, -0.05) is 0 Å². The quantitative estimate of drug-likeness (QED) is 0.796. The fraction of sp³-hybridized carbons (Fsp3) is 0.667. The van der Waals surface area contributed by atoms with Crippen LogP contribution in [0.4, 0.5) is 0 Å². The van der Waals surface area contributed by atoms with Crippen molar-refractivity contribution >= 4 is 17.3 Å². The number of hydrogen-bond donors (Lipinski definition) is 1. The fourth-order valence-electron chi connectivity index (χ4n) is 1.93. The zero-order valence-electron chi connectivity index (χ0n) is 10.6. The monoisotopic (exact) mass is 269 g/mol. The van der Waals surface area contributed by atoms with Crippen molar-refractivity contribution in [2.24, 2.45) is 0 Å². The van der Waals surface area contributed by atoms with E-state index in [1.165, 1.54) is 7.11 Å². The first-order valence-corrected chi connectivity index (χ1v) is 7.09. The normalized spacial score (nSPS) is 16.7. The van der Waals surface area contributed by atoms with Gasteiger partial charge in [0.2, 0.25) is 0 Å². The highest BCUT2D eigenvalue weighted by atomic mass is 32.1. The number of esters is 1. The molecule has 0 aromatic carbocycles. The zero-order valence-corrected chi connectivity index (χ0v) is 11.5. The Labute approximate surface area is 111 Å². The molecule has 2 rings (SSSR count). The number of piperazine rings is 1. The molecule has 0 atom stereocenters. The van der Waals surface area contributed by atoms with E-state index in [0.717, 1.165) is 43.4 Å². The van der Waals surface area contributed by atoms with Crippen LogP contribution in [0, 0.1) is 0 Å². The summed E-state index contributed by atoms with van der Waals surface area (Å²) in [5.74, 6) is -0.174. The summed E-state index contributed by atoms with van der Waals surface area (Å²) < 4.78 is 4.62. The van der Waals surface area contributed by atoms with Gasteiger partial charge in [-0.3, -0.25) is 9.69 Å². The molecule has 1 N–H and O–H groups in total. The number of aryl methyl sites for hydroxylation is 1. The maximum atomic E-state index is 11.0. The van der Waals surface area contributed by atoms with Crippen molar-refractivity contribution in [1.82, 2.24) is 15.2 Å². The number of hydrogen-bond acceptors (Lipinski definition) is 6. The highest BCUT2D eigenvalue weighted by Gasteiger charge is 2.12. The minimum Gasteiger partial charge on any atom is -0.469 e. The molecule has 1 aromatic rings. The third-order valence-electron chi connectivity index (χ3n) is 2.98. The van der Waals surface area contributed by atoms with Crippen molar-refractivity contribution in [3.63, 3.8) is 0 Å². The average molecular weight is 269 g/mol. The molecular weight excluding hydrogens is 250 g/mol. The lowest BCUT2D eigenvalue weighted by atomic mass is 10.2. The van der Waals surface area contributed by atoms with Gasteiger partial charge < -0.3 is 10.1 Å². The summed E-state index contributed by atoms with van der Waals surface area (Å²) in [6, 6.07) is 0. The third kappa shape index (κ3) is 4.04. The Kier molecular flexibility index (Phi) is 5.10. The molecule has 1 aromatic heterocycles. The predicted molar refractivity (Wildman–Crippen MR) is 70.6 cm³/mol. The molecule has 1 aliphatic rings. The second-order valence-electron chi connectivity index (χ2n) is 4.33. The molecule has 5 nitrogen and oxygen atoms in total. The van der Waals surface area contributed by atoms with Gasteiger partial charge in [-0.25, -0.2) is 4.98 Å². The van der Waals surface area contributed by atoms with E-state index >= 15 is 0 Å². The number of nitrogens with one attached hydrogen (secondary N) is 1. The van der Waals surface area contributed by atoms with Gasteiger partial charge in [0.05, 0.1) is 25.8 Å². The molecule has 18 heavy (non-hydrogen) atoms. The summed E-state index contributed by atoms with van der Waals surface area (Å²) in [6.07, 6.45) is 1.08. The van der Waals surface area contributed by atoms with Crippen molar-refractivity contribution in [3.8, 4) is 0 Å². The molecule has 0 bridgehead atoms. The third-order valence-corrected chi connectivity index (χ3v) is 3.86. The van der Waals surface area contributed by atoms with Crippen LogP contribution in [0.3, 0.4) is 0 Å². The molecule has 0 radical (unpaired) electrons.